The molecule has 2 aliphatic heterocycles. The maximum Gasteiger partial charge on any atom is 0.494 e. The Hall–Kier alpha value is -1.38. The monoisotopic (exact) mass is 475 g/mol. The Bertz CT molecular complexity index is 978. The number of likely N-dealkylation sites (tertiary alicyclic amines) is 1. The third kappa shape index (κ3) is 4.51. The van der Waals surface area contributed by atoms with Crippen molar-refractivity contribution in [3.63, 3.8) is 0 Å². The van der Waals surface area contributed by atoms with E-state index in [0.29, 0.717) is 4.90 Å². The van der Waals surface area contributed by atoms with Crippen molar-refractivity contribution in [3.8, 4) is 0 Å². The van der Waals surface area contributed by atoms with Crippen molar-refractivity contribution >= 4 is 28.3 Å². The zero-order valence-electron chi connectivity index (χ0n) is 20.9. The number of rotatable bonds is 5. The van der Waals surface area contributed by atoms with Crippen LogP contribution in [0.1, 0.15) is 73.6 Å². The number of hydrogen-bond donors (Lipinski definition) is 0. The standard InChI is InChI=1S/C25H38BNO5S/c1-18(2)27-16-15-25(22(27)28)13-11-19(12-14-25)17-33(29,30)21-9-7-20(8-10-21)26-31-23(3,4)24(5,6)32-26/h7-10,18-19H,11-17H2,1-6H3. The molecule has 4 rings (SSSR count). The summed E-state index contributed by atoms with van der Waals surface area (Å²) in [6.07, 6.45) is 4.10. The van der Waals surface area contributed by atoms with E-state index in [1.807, 2.05) is 32.6 Å². The molecule has 2 heterocycles. The van der Waals surface area contributed by atoms with Crippen molar-refractivity contribution in [1.29, 1.82) is 0 Å². The second-order valence-electron chi connectivity index (χ2n) is 11.5. The molecule has 3 fully saturated rings. The van der Waals surface area contributed by atoms with Gasteiger partial charge >= 0.3 is 7.12 Å². The molecular formula is C25H38BNO5S. The zero-order valence-corrected chi connectivity index (χ0v) is 21.7. The number of benzene rings is 1. The summed E-state index contributed by atoms with van der Waals surface area (Å²) in [5.41, 5.74) is -0.308. The molecule has 1 saturated carbocycles. The summed E-state index contributed by atoms with van der Waals surface area (Å²) in [5, 5.41) is 0. The Labute approximate surface area is 199 Å². The highest BCUT2D eigenvalue weighted by molar-refractivity contribution is 7.91. The van der Waals surface area contributed by atoms with E-state index in [9.17, 15) is 13.2 Å². The van der Waals surface area contributed by atoms with Gasteiger partial charge in [0.15, 0.2) is 9.84 Å². The largest absolute Gasteiger partial charge is 0.494 e. The molecule has 2 saturated heterocycles. The minimum Gasteiger partial charge on any atom is -0.399 e. The lowest BCUT2D eigenvalue weighted by Crippen LogP contribution is -2.41. The first-order valence-electron chi connectivity index (χ1n) is 12.3. The summed E-state index contributed by atoms with van der Waals surface area (Å²) < 4.78 is 38.4. The lowest BCUT2D eigenvalue weighted by molar-refractivity contribution is -0.139. The highest BCUT2D eigenvalue weighted by Crippen LogP contribution is 2.47. The Morgan fingerprint density at radius 1 is 1.00 bits per heavy atom. The van der Waals surface area contributed by atoms with E-state index in [1.165, 1.54) is 0 Å². The van der Waals surface area contributed by atoms with Crippen LogP contribution in [0.3, 0.4) is 0 Å². The Morgan fingerprint density at radius 2 is 1.55 bits per heavy atom. The number of sulfone groups is 1. The van der Waals surface area contributed by atoms with Crippen LogP contribution in [-0.4, -0.2) is 55.9 Å². The predicted octanol–water partition coefficient (Wildman–Crippen LogP) is 3.58. The van der Waals surface area contributed by atoms with Crippen molar-refractivity contribution in [1.82, 2.24) is 4.90 Å². The molecular weight excluding hydrogens is 437 g/mol. The van der Waals surface area contributed by atoms with Crippen molar-refractivity contribution in [2.45, 2.75) is 95.8 Å². The molecule has 1 spiro atoms. The van der Waals surface area contributed by atoms with Crippen molar-refractivity contribution in [2.24, 2.45) is 11.3 Å². The van der Waals surface area contributed by atoms with Crippen LogP contribution in [-0.2, 0) is 23.9 Å². The fraction of sp³-hybridized carbons (Fsp3) is 0.720. The van der Waals surface area contributed by atoms with Gasteiger partial charge in [0.25, 0.3) is 0 Å². The van der Waals surface area contributed by atoms with Crippen LogP contribution in [0.5, 0.6) is 0 Å². The molecule has 0 bridgehead atoms. The molecule has 0 radical (unpaired) electrons. The average molecular weight is 475 g/mol. The van der Waals surface area contributed by atoms with Crippen LogP contribution in [0.4, 0.5) is 0 Å². The fourth-order valence-corrected chi connectivity index (χ4v) is 7.12. The summed E-state index contributed by atoms with van der Waals surface area (Å²) in [5.74, 6) is 0.516. The van der Waals surface area contributed by atoms with E-state index in [-0.39, 0.29) is 29.0 Å². The van der Waals surface area contributed by atoms with Gasteiger partial charge in [0.1, 0.15) is 0 Å². The maximum atomic E-state index is 13.1. The van der Waals surface area contributed by atoms with Crippen molar-refractivity contribution in [3.05, 3.63) is 24.3 Å². The van der Waals surface area contributed by atoms with E-state index < -0.39 is 28.2 Å². The van der Waals surface area contributed by atoms with Gasteiger partial charge in [0.05, 0.1) is 27.3 Å². The average Bonchev–Trinajstić information content (AvgIpc) is 3.16. The van der Waals surface area contributed by atoms with Gasteiger partial charge in [-0.15, -0.1) is 0 Å². The van der Waals surface area contributed by atoms with Crippen LogP contribution in [0, 0.1) is 11.3 Å². The second-order valence-corrected chi connectivity index (χ2v) is 13.5. The summed E-state index contributed by atoms with van der Waals surface area (Å²) in [4.78, 5) is 15.3. The molecule has 0 N–H and O–H groups in total. The number of hydrogen-bond acceptors (Lipinski definition) is 5. The van der Waals surface area contributed by atoms with E-state index in [0.717, 1.165) is 44.1 Å². The first kappa shape index (κ1) is 24.7. The first-order chi connectivity index (χ1) is 15.3. The van der Waals surface area contributed by atoms with Crippen LogP contribution >= 0.6 is 0 Å². The van der Waals surface area contributed by atoms with Crippen LogP contribution in [0.25, 0.3) is 0 Å². The summed E-state index contributed by atoms with van der Waals surface area (Å²) in [7, 11) is -3.90. The lowest BCUT2D eigenvalue weighted by atomic mass is 9.70. The minimum atomic E-state index is -3.40. The Balaban J connectivity index is 1.38. The SMILES string of the molecule is CC(C)N1CCC2(CCC(CS(=O)(=O)c3ccc(B4OC(C)(C)C(C)(C)O4)cc3)CC2)C1=O. The smallest absolute Gasteiger partial charge is 0.399 e. The van der Waals surface area contributed by atoms with Gasteiger partial charge in [-0.2, -0.15) is 0 Å². The molecule has 1 amide bonds. The molecule has 8 heteroatoms. The molecule has 0 unspecified atom stereocenters. The zero-order chi connectivity index (χ0) is 24.2. The quantitative estimate of drug-likeness (QED) is 0.609. The van der Waals surface area contributed by atoms with Gasteiger partial charge < -0.3 is 14.2 Å². The Kier molecular flexibility index (Phi) is 6.28. The number of carbonyl (C=O) groups is 1. The third-order valence-corrected chi connectivity index (χ3v) is 10.4. The van der Waals surface area contributed by atoms with Gasteiger partial charge in [-0.1, -0.05) is 12.1 Å². The van der Waals surface area contributed by atoms with Crippen LogP contribution in [0.2, 0.25) is 0 Å². The van der Waals surface area contributed by atoms with Crippen LogP contribution in [0.15, 0.2) is 29.2 Å². The summed E-state index contributed by atoms with van der Waals surface area (Å²) >= 11 is 0. The molecule has 1 aromatic rings. The molecule has 1 aliphatic carbocycles. The van der Waals surface area contributed by atoms with Gasteiger partial charge in [0.2, 0.25) is 5.91 Å². The number of amides is 1. The molecule has 0 aromatic heterocycles. The number of nitrogens with zero attached hydrogens (tertiary/aromatic N) is 1. The van der Waals surface area contributed by atoms with E-state index in [2.05, 4.69) is 13.8 Å². The highest BCUT2D eigenvalue weighted by atomic mass is 32.2. The maximum absolute atomic E-state index is 13.1. The van der Waals surface area contributed by atoms with E-state index in [4.69, 9.17) is 9.31 Å². The molecule has 0 atom stereocenters. The fourth-order valence-electron chi connectivity index (χ4n) is 5.42. The van der Waals surface area contributed by atoms with E-state index >= 15 is 0 Å². The minimum absolute atomic E-state index is 0.101. The molecule has 182 valence electrons. The summed E-state index contributed by atoms with van der Waals surface area (Å²) in [6.45, 7) is 13.0. The number of carbonyl (C=O) groups excluding carboxylic acids is 1. The van der Waals surface area contributed by atoms with Gasteiger partial charge in [0, 0.05) is 12.6 Å². The van der Waals surface area contributed by atoms with Gasteiger partial charge in [-0.25, -0.2) is 8.42 Å². The molecule has 3 aliphatic rings. The predicted molar refractivity (Wildman–Crippen MR) is 130 cm³/mol. The van der Waals surface area contributed by atoms with Crippen LogP contribution < -0.4 is 5.46 Å². The first-order valence-corrected chi connectivity index (χ1v) is 13.9. The molecule has 1 aromatic carbocycles. The van der Waals surface area contributed by atoms with E-state index in [1.54, 1.807) is 24.3 Å². The van der Waals surface area contributed by atoms with Gasteiger partial charge in [-0.3, -0.25) is 4.79 Å². The molecule has 33 heavy (non-hydrogen) atoms. The van der Waals surface area contributed by atoms with Crippen molar-refractivity contribution in [2.75, 3.05) is 12.3 Å². The van der Waals surface area contributed by atoms with Gasteiger partial charge in [-0.05, 0) is 97.2 Å². The third-order valence-electron chi connectivity index (χ3n) is 8.45. The van der Waals surface area contributed by atoms with Crippen molar-refractivity contribution < 1.29 is 22.5 Å². The summed E-state index contributed by atoms with van der Waals surface area (Å²) in [6, 6.07) is 7.16. The lowest BCUT2D eigenvalue weighted by Gasteiger charge is -2.36. The highest BCUT2D eigenvalue weighted by Gasteiger charge is 2.52. The molecule has 6 nitrogen and oxygen atoms in total. The topological polar surface area (TPSA) is 72.9 Å². The second kappa shape index (κ2) is 8.38. The Morgan fingerprint density at radius 3 is 2.03 bits per heavy atom. The normalized spacial score (nSPS) is 29.4.